The van der Waals surface area contributed by atoms with Crippen molar-refractivity contribution in [3.05, 3.63) is 210 Å². The van der Waals surface area contributed by atoms with Crippen LogP contribution in [0.25, 0.3) is 47.9 Å². The van der Waals surface area contributed by atoms with Gasteiger partial charge in [0.2, 0.25) is 0 Å². The summed E-state index contributed by atoms with van der Waals surface area (Å²) in [5, 5.41) is 4.89. The van der Waals surface area contributed by atoms with E-state index in [2.05, 4.69) is 211 Å². The second-order valence-corrected chi connectivity index (χ2v) is 18.1. The van der Waals surface area contributed by atoms with Crippen molar-refractivity contribution in [1.82, 2.24) is 4.57 Å². The monoisotopic (exact) mass is 833 g/mol. The Balaban J connectivity index is 1.17. The van der Waals surface area contributed by atoms with E-state index in [0.29, 0.717) is 10.0 Å². The zero-order valence-corrected chi connectivity index (χ0v) is 35.8. The van der Waals surface area contributed by atoms with Crippen molar-refractivity contribution >= 4 is 99.7 Å². The Labute approximate surface area is 364 Å². The lowest BCUT2D eigenvalue weighted by Gasteiger charge is -2.29. The molecule has 2 heterocycles. The van der Waals surface area contributed by atoms with Gasteiger partial charge in [-0.25, -0.2) is 0 Å². The molecule has 0 bridgehead atoms. The van der Waals surface area contributed by atoms with E-state index in [4.69, 9.17) is 23.2 Å². The van der Waals surface area contributed by atoms with Crippen LogP contribution < -0.4 is 9.80 Å². The molecule has 0 aliphatic rings. The van der Waals surface area contributed by atoms with Crippen LogP contribution >= 0.6 is 34.5 Å². The van der Waals surface area contributed by atoms with Gasteiger partial charge in [0.1, 0.15) is 0 Å². The van der Waals surface area contributed by atoms with Gasteiger partial charge in [0.25, 0.3) is 0 Å². The fourth-order valence-electron chi connectivity index (χ4n) is 8.34. The normalized spacial score (nSPS) is 11.8. The zero-order valence-electron chi connectivity index (χ0n) is 33.5. The number of benzene rings is 8. The van der Waals surface area contributed by atoms with Gasteiger partial charge in [0, 0.05) is 75.8 Å². The largest absolute Gasteiger partial charge is 0.314 e. The molecule has 0 unspecified atom stereocenters. The molecule has 0 spiro atoms. The lowest BCUT2D eigenvalue weighted by Crippen LogP contribution is -2.14. The van der Waals surface area contributed by atoms with Crippen molar-refractivity contribution in [2.75, 3.05) is 9.80 Å². The molecule has 0 atom stereocenters. The molecule has 292 valence electrons. The van der Waals surface area contributed by atoms with Gasteiger partial charge in [0.15, 0.2) is 0 Å². The summed E-state index contributed by atoms with van der Waals surface area (Å²) in [6, 6.07) is 66.6. The molecule has 6 heteroatoms. The van der Waals surface area contributed by atoms with Gasteiger partial charge in [-0.05, 0) is 101 Å². The molecule has 10 aromatic rings. The number of rotatable bonds is 8. The van der Waals surface area contributed by atoms with E-state index in [-0.39, 0.29) is 5.41 Å². The predicted molar refractivity (Wildman–Crippen MR) is 260 cm³/mol. The minimum absolute atomic E-state index is 0.0178. The van der Waals surface area contributed by atoms with Gasteiger partial charge in [-0.2, -0.15) is 0 Å². The third-order valence-corrected chi connectivity index (χ3v) is 12.8. The van der Waals surface area contributed by atoms with Crippen LogP contribution in [0.2, 0.25) is 10.0 Å². The molecule has 10 rings (SSSR count). The summed E-state index contributed by atoms with van der Waals surface area (Å²) in [6.07, 6.45) is 2.23. The SMILES string of the molecule is CC(C)(C)c1ccc(N(c2cc(Cl)cc(-n3cc(N(c4cccc(Cl)c4)c4ccc5sc6ccccc6c5c4)c4ccccc43)c2)c2ccccc2-c2ccccc2)cc1. The second-order valence-electron chi connectivity index (χ2n) is 16.2. The molecular weight excluding hydrogens is 794 g/mol. The molecule has 0 fully saturated rings. The summed E-state index contributed by atoms with van der Waals surface area (Å²) >= 11 is 15.8. The number of halogens is 2. The topological polar surface area (TPSA) is 11.4 Å². The highest BCUT2D eigenvalue weighted by atomic mass is 35.5. The Kier molecular flexibility index (Phi) is 9.72. The van der Waals surface area contributed by atoms with Gasteiger partial charge in [0.05, 0.1) is 16.9 Å². The Bertz CT molecular complexity index is 3180. The Morgan fingerprint density at radius 1 is 0.467 bits per heavy atom. The van der Waals surface area contributed by atoms with Crippen LogP contribution in [0, 0.1) is 0 Å². The van der Waals surface area contributed by atoms with Crippen molar-refractivity contribution in [3.8, 4) is 16.8 Å². The van der Waals surface area contributed by atoms with Crippen LogP contribution in [-0.4, -0.2) is 4.57 Å². The lowest BCUT2D eigenvalue weighted by atomic mass is 9.87. The molecule has 0 N–H and O–H groups in total. The summed E-state index contributed by atoms with van der Waals surface area (Å²) in [6.45, 7) is 6.75. The molecule has 0 saturated carbocycles. The summed E-state index contributed by atoms with van der Waals surface area (Å²) < 4.78 is 4.80. The second kappa shape index (κ2) is 15.4. The van der Waals surface area contributed by atoms with Crippen LogP contribution in [0.5, 0.6) is 0 Å². The van der Waals surface area contributed by atoms with Crippen LogP contribution in [0.15, 0.2) is 194 Å². The standard InChI is InChI=1S/C54H41Cl2N3S/c1-54(2,3)37-24-26-40(27-25-37)58(50-22-11-7-18-45(50)36-14-5-4-6-15-36)44-32-39(56)31-43(33-44)57-35-51(47-20-8-10-21-49(47)57)59(41-17-13-16-38(55)30-41)42-28-29-53-48(34-42)46-19-9-12-23-52(46)60-53/h4-35H,1-3H3. The lowest BCUT2D eigenvalue weighted by molar-refractivity contribution is 0.590. The fraction of sp³-hybridized carbons (Fsp3) is 0.0741. The van der Waals surface area contributed by atoms with Crippen LogP contribution in [-0.2, 0) is 5.41 Å². The number of aromatic nitrogens is 1. The maximum Gasteiger partial charge on any atom is 0.0721 e. The third kappa shape index (κ3) is 7.01. The van der Waals surface area contributed by atoms with Gasteiger partial charge < -0.3 is 14.4 Å². The summed E-state index contributed by atoms with van der Waals surface area (Å²) in [5.74, 6) is 0. The highest BCUT2D eigenvalue weighted by molar-refractivity contribution is 7.25. The fourth-order valence-corrected chi connectivity index (χ4v) is 9.84. The molecule has 0 saturated heterocycles. The van der Waals surface area contributed by atoms with Gasteiger partial charge in [-0.15, -0.1) is 11.3 Å². The first-order valence-electron chi connectivity index (χ1n) is 20.1. The molecular formula is C54H41Cl2N3S. The van der Waals surface area contributed by atoms with Crippen molar-refractivity contribution in [1.29, 1.82) is 0 Å². The van der Waals surface area contributed by atoms with Crippen molar-refractivity contribution in [2.45, 2.75) is 26.2 Å². The Morgan fingerprint density at radius 3 is 1.92 bits per heavy atom. The van der Waals surface area contributed by atoms with E-state index in [0.717, 1.165) is 61.8 Å². The maximum atomic E-state index is 7.22. The van der Waals surface area contributed by atoms with Gasteiger partial charge >= 0.3 is 0 Å². The average molecular weight is 835 g/mol. The van der Waals surface area contributed by atoms with E-state index in [9.17, 15) is 0 Å². The minimum atomic E-state index is 0.0178. The summed E-state index contributed by atoms with van der Waals surface area (Å²) in [4.78, 5) is 4.65. The molecule has 3 nitrogen and oxygen atoms in total. The maximum absolute atomic E-state index is 7.22. The Morgan fingerprint density at radius 2 is 1.12 bits per heavy atom. The highest BCUT2D eigenvalue weighted by Crippen LogP contribution is 2.46. The highest BCUT2D eigenvalue weighted by Gasteiger charge is 2.23. The zero-order chi connectivity index (χ0) is 41.0. The predicted octanol–water partition coefficient (Wildman–Crippen LogP) is 17.2. The van der Waals surface area contributed by atoms with Crippen molar-refractivity contribution < 1.29 is 0 Å². The van der Waals surface area contributed by atoms with Crippen LogP contribution in [0.4, 0.5) is 34.1 Å². The average Bonchev–Trinajstić information content (AvgIpc) is 3.83. The third-order valence-electron chi connectivity index (χ3n) is 11.2. The summed E-state index contributed by atoms with van der Waals surface area (Å²) in [7, 11) is 0. The molecule has 0 radical (unpaired) electrons. The first-order chi connectivity index (χ1) is 29.2. The van der Waals surface area contributed by atoms with E-state index in [1.165, 1.54) is 25.7 Å². The van der Waals surface area contributed by atoms with Crippen LogP contribution in [0.3, 0.4) is 0 Å². The van der Waals surface area contributed by atoms with Gasteiger partial charge in [-0.3, -0.25) is 0 Å². The van der Waals surface area contributed by atoms with E-state index in [1.807, 2.05) is 29.5 Å². The van der Waals surface area contributed by atoms with Crippen LogP contribution in [0.1, 0.15) is 26.3 Å². The molecule has 60 heavy (non-hydrogen) atoms. The molecule has 8 aromatic carbocycles. The first-order valence-corrected chi connectivity index (χ1v) is 21.7. The summed E-state index contributed by atoms with van der Waals surface area (Å²) in [5.41, 5.74) is 11.7. The molecule has 0 aliphatic carbocycles. The smallest absolute Gasteiger partial charge is 0.0721 e. The Hall–Kier alpha value is -6.30. The van der Waals surface area contributed by atoms with Crippen molar-refractivity contribution in [2.24, 2.45) is 0 Å². The number of hydrogen-bond donors (Lipinski definition) is 0. The number of para-hydroxylation sites is 2. The van der Waals surface area contributed by atoms with Crippen molar-refractivity contribution in [3.63, 3.8) is 0 Å². The number of fused-ring (bicyclic) bond motifs is 4. The van der Waals surface area contributed by atoms with E-state index in [1.54, 1.807) is 0 Å². The van der Waals surface area contributed by atoms with Gasteiger partial charge in [-0.1, -0.05) is 147 Å². The number of anilines is 6. The quantitative estimate of drug-likeness (QED) is 0.151. The van der Waals surface area contributed by atoms with E-state index >= 15 is 0 Å². The number of thiophene rings is 1. The minimum Gasteiger partial charge on any atom is -0.314 e. The molecule has 0 aliphatic heterocycles. The molecule has 0 amide bonds. The number of hydrogen-bond acceptors (Lipinski definition) is 3. The molecule has 2 aromatic heterocycles. The first kappa shape index (κ1) is 37.9. The van der Waals surface area contributed by atoms with E-state index < -0.39 is 0 Å². The number of nitrogens with zero attached hydrogens (tertiary/aromatic N) is 3.